The van der Waals surface area contributed by atoms with Crippen LogP contribution in [0.2, 0.25) is 0 Å². The minimum atomic E-state index is -0.410. The summed E-state index contributed by atoms with van der Waals surface area (Å²) >= 11 is 0. The molecule has 0 spiro atoms. The van der Waals surface area contributed by atoms with Crippen molar-refractivity contribution in [2.24, 2.45) is 0 Å². The molecule has 0 aliphatic carbocycles. The van der Waals surface area contributed by atoms with Gasteiger partial charge in [0.1, 0.15) is 18.1 Å². The number of rotatable bonds is 10. The normalized spacial score (nSPS) is 12.5. The zero-order chi connectivity index (χ0) is 17.4. The molecule has 0 heterocycles. The van der Waals surface area contributed by atoms with Gasteiger partial charge in [-0.25, -0.2) is 0 Å². The molecule has 24 heavy (non-hydrogen) atoms. The van der Waals surface area contributed by atoms with E-state index in [2.05, 4.69) is 6.92 Å². The number of hydrogen-bond acceptors (Lipinski definition) is 3. The molecule has 1 N–H and O–H groups in total. The van der Waals surface area contributed by atoms with Gasteiger partial charge in [-0.1, -0.05) is 56.9 Å². The Morgan fingerprint density at radius 1 is 0.917 bits per heavy atom. The van der Waals surface area contributed by atoms with Crippen LogP contribution in [0.25, 0.3) is 10.8 Å². The first-order valence-electron chi connectivity index (χ1n) is 9.11. The SMILES string of the molecule is CCCCCCC(O)COc1ccc(OC(C)C)c2ccccc12. The molecule has 1 atom stereocenters. The summed E-state index contributed by atoms with van der Waals surface area (Å²) in [4.78, 5) is 0. The first-order valence-corrected chi connectivity index (χ1v) is 9.11. The van der Waals surface area contributed by atoms with E-state index in [0.717, 1.165) is 35.1 Å². The molecule has 0 amide bonds. The molecule has 2 aromatic carbocycles. The van der Waals surface area contributed by atoms with E-state index in [0.29, 0.717) is 6.61 Å². The number of fused-ring (bicyclic) bond motifs is 1. The third-order valence-electron chi connectivity index (χ3n) is 4.03. The van der Waals surface area contributed by atoms with E-state index in [4.69, 9.17) is 9.47 Å². The Morgan fingerprint density at radius 2 is 1.58 bits per heavy atom. The summed E-state index contributed by atoms with van der Waals surface area (Å²) in [5, 5.41) is 12.2. The van der Waals surface area contributed by atoms with Crippen LogP contribution in [0.3, 0.4) is 0 Å². The Bertz CT molecular complexity index is 622. The topological polar surface area (TPSA) is 38.7 Å². The summed E-state index contributed by atoms with van der Waals surface area (Å²) < 4.78 is 11.8. The summed E-state index contributed by atoms with van der Waals surface area (Å²) in [6.45, 7) is 6.57. The van der Waals surface area contributed by atoms with Crippen LogP contribution >= 0.6 is 0 Å². The average Bonchev–Trinajstić information content (AvgIpc) is 2.57. The van der Waals surface area contributed by atoms with Crippen molar-refractivity contribution in [2.45, 2.75) is 65.1 Å². The van der Waals surface area contributed by atoms with Gasteiger partial charge in [0.05, 0.1) is 12.2 Å². The fourth-order valence-electron chi connectivity index (χ4n) is 2.80. The maximum atomic E-state index is 10.1. The van der Waals surface area contributed by atoms with Gasteiger partial charge in [-0.05, 0) is 32.4 Å². The smallest absolute Gasteiger partial charge is 0.127 e. The van der Waals surface area contributed by atoms with Gasteiger partial charge >= 0.3 is 0 Å². The Morgan fingerprint density at radius 3 is 2.25 bits per heavy atom. The maximum Gasteiger partial charge on any atom is 0.127 e. The van der Waals surface area contributed by atoms with E-state index in [1.807, 2.05) is 50.2 Å². The molecule has 0 saturated carbocycles. The second-order valence-electron chi connectivity index (χ2n) is 6.59. The van der Waals surface area contributed by atoms with Crippen LogP contribution in [0, 0.1) is 0 Å². The standard InChI is InChI=1S/C21H30O3/c1-4-5-6-7-10-17(22)15-23-20-13-14-21(24-16(2)3)19-12-9-8-11-18(19)20/h8-9,11-14,16-17,22H,4-7,10,15H2,1-3H3. The zero-order valence-electron chi connectivity index (χ0n) is 15.1. The second kappa shape index (κ2) is 9.53. The molecular weight excluding hydrogens is 300 g/mol. The van der Waals surface area contributed by atoms with Crippen LogP contribution in [0.1, 0.15) is 52.9 Å². The van der Waals surface area contributed by atoms with Crippen molar-refractivity contribution >= 4 is 10.8 Å². The van der Waals surface area contributed by atoms with E-state index in [9.17, 15) is 5.11 Å². The summed E-state index contributed by atoms with van der Waals surface area (Å²) in [5.74, 6) is 1.67. The van der Waals surface area contributed by atoms with Gasteiger partial charge in [-0.15, -0.1) is 0 Å². The molecule has 0 aliphatic rings. The van der Waals surface area contributed by atoms with Gasteiger partial charge in [-0.2, -0.15) is 0 Å². The number of aliphatic hydroxyl groups is 1. The first kappa shape index (κ1) is 18.6. The lowest BCUT2D eigenvalue weighted by Gasteiger charge is -2.17. The minimum absolute atomic E-state index is 0.130. The molecule has 3 nitrogen and oxygen atoms in total. The molecule has 0 aliphatic heterocycles. The van der Waals surface area contributed by atoms with Crippen molar-refractivity contribution < 1.29 is 14.6 Å². The first-order chi connectivity index (χ1) is 11.6. The molecule has 2 rings (SSSR count). The summed E-state index contributed by atoms with van der Waals surface area (Å²) in [5.41, 5.74) is 0. The van der Waals surface area contributed by atoms with Crippen molar-refractivity contribution in [1.29, 1.82) is 0 Å². The lowest BCUT2D eigenvalue weighted by atomic mass is 10.1. The van der Waals surface area contributed by atoms with Gasteiger partial charge in [0.15, 0.2) is 0 Å². The summed E-state index contributed by atoms with van der Waals surface area (Å²) in [6, 6.07) is 12.0. The molecule has 0 aromatic heterocycles. The van der Waals surface area contributed by atoms with Crippen LogP contribution in [0.5, 0.6) is 11.5 Å². The predicted octanol–water partition coefficient (Wildman–Crippen LogP) is 5.34. The van der Waals surface area contributed by atoms with Crippen molar-refractivity contribution in [3.8, 4) is 11.5 Å². The number of ether oxygens (including phenoxy) is 2. The molecule has 132 valence electrons. The number of unbranched alkanes of at least 4 members (excludes halogenated alkanes) is 3. The highest BCUT2D eigenvalue weighted by atomic mass is 16.5. The van der Waals surface area contributed by atoms with E-state index < -0.39 is 6.10 Å². The Hall–Kier alpha value is -1.74. The van der Waals surface area contributed by atoms with Gasteiger partial charge in [0.25, 0.3) is 0 Å². The Balaban J connectivity index is 2.02. The van der Waals surface area contributed by atoms with Crippen molar-refractivity contribution in [2.75, 3.05) is 6.61 Å². The van der Waals surface area contributed by atoms with E-state index in [1.54, 1.807) is 0 Å². The second-order valence-corrected chi connectivity index (χ2v) is 6.59. The average molecular weight is 330 g/mol. The quantitative estimate of drug-likeness (QED) is 0.598. The van der Waals surface area contributed by atoms with Crippen molar-refractivity contribution in [3.05, 3.63) is 36.4 Å². The summed E-state index contributed by atoms with van der Waals surface area (Å²) in [6.07, 6.45) is 5.20. The minimum Gasteiger partial charge on any atom is -0.490 e. The Labute approximate surface area is 145 Å². The van der Waals surface area contributed by atoms with E-state index in [-0.39, 0.29) is 6.10 Å². The van der Waals surface area contributed by atoms with Gasteiger partial charge < -0.3 is 14.6 Å². The van der Waals surface area contributed by atoms with Crippen molar-refractivity contribution in [3.63, 3.8) is 0 Å². The van der Waals surface area contributed by atoms with Gasteiger partial charge in [0.2, 0.25) is 0 Å². The van der Waals surface area contributed by atoms with E-state index in [1.165, 1.54) is 19.3 Å². The fraction of sp³-hybridized carbons (Fsp3) is 0.524. The molecule has 0 saturated heterocycles. The molecule has 0 bridgehead atoms. The zero-order valence-corrected chi connectivity index (χ0v) is 15.1. The van der Waals surface area contributed by atoms with Crippen LogP contribution in [-0.2, 0) is 0 Å². The maximum absolute atomic E-state index is 10.1. The van der Waals surface area contributed by atoms with Crippen molar-refractivity contribution in [1.82, 2.24) is 0 Å². The van der Waals surface area contributed by atoms with Gasteiger partial charge in [-0.3, -0.25) is 0 Å². The molecule has 0 radical (unpaired) electrons. The monoisotopic (exact) mass is 330 g/mol. The molecule has 1 unspecified atom stereocenters. The highest BCUT2D eigenvalue weighted by molar-refractivity contribution is 5.93. The van der Waals surface area contributed by atoms with Crippen LogP contribution in [0.4, 0.5) is 0 Å². The number of aliphatic hydroxyl groups excluding tert-OH is 1. The molecule has 2 aromatic rings. The summed E-state index contributed by atoms with van der Waals surface area (Å²) in [7, 11) is 0. The predicted molar refractivity (Wildman–Crippen MR) is 100.0 cm³/mol. The Kier molecular flexibility index (Phi) is 7.38. The van der Waals surface area contributed by atoms with Gasteiger partial charge in [0, 0.05) is 10.8 Å². The molecule has 3 heteroatoms. The highest BCUT2D eigenvalue weighted by Crippen LogP contribution is 2.33. The van der Waals surface area contributed by atoms with Crippen LogP contribution < -0.4 is 9.47 Å². The number of hydrogen-bond donors (Lipinski definition) is 1. The fourth-order valence-corrected chi connectivity index (χ4v) is 2.80. The lowest BCUT2D eigenvalue weighted by molar-refractivity contribution is 0.0982. The van der Waals surface area contributed by atoms with E-state index >= 15 is 0 Å². The highest BCUT2D eigenvalue weighted by Gasteiger charge is 2.11. The third-order valence-corrected chi connectivity index (χ3v) is 4.03. The van der Waals surface area contributed by atoms with Crippen LogP contribution in [0.15, 0.2) is 36.4 Å². The lowest BCUT2D eigenvalue weighted by Crippen LogP contribution is -2.17. The number of benzene rings is 2. The third kappa shape index (κ3) is 5.41. The largest absolute Gasteiger partial charge is 0.490 e. The molecule has 0 fully saturated rings. The molecular formula is C21H30O3. The van der Waals surface area contributed by atoms with Crippen LogP contribution in [-0.4, -0.2) is 23.9 Å².